The zero-order chi connectivity index (χ0) is 17.4. The highest BCUT2D eigenvalue weighted by molar-refractivity contribution is 7.99. The Morgan fingerprint density at radius 3 is 3.04 bits per heavy atom. The van der Waals surface area contributed by atoms with Gasteiger partial charge < -0.3 is 10.6 Å². The fourth-order valence-corrected chi connectivity index (χ4v) is 4.75. The summed E-state index contributed by atoms with van der Waals surface area (Å²) in [7, 11) is 0. The lowest BCUT2D eigenvalue weighted by Gasteiger charge is -2.41. The first-order valence-electron chi connectivity index (χ1n) is 8.30. The highest BCUT2D eigenvalue weighted by Crippen LogP contribution is 2.42. The minimum atomic E-state index is -0.400. The van der Waals surface area contributed by atoms with Crippen molar-refractivity contribution in [1.29, 1.82) is 0 Å². The summed E-state index contributed by atoms with van der Waals surface area (Å²) in [5, 5.41) is 3.51. The van der Waals surface area contributed by atoms with E-state index in [4.69, 9.17) is 5.73 Å². The third kappa shape index (κ3) is 2.86. The van der Waals surface area contributed by atoms with Crippen molar-refractivity contribution in [3.63, 3.8) is 0 Å². The molecule has 0 spiro atoms. The van der Waals surface area contributed by atoms with Crippen LogP contribution in [-0.4, -0.2) is 44.3 Å². The normalized spacial score (nSPS) is 28.8. The third-order valence-electron chi connectivity index (χ3n) is 4.90. The second kappa shape index (κ2) is 6.47. The van der Waals surface area contributed by atoms with Crippen molar-refractivity contribution in [3.8, 4) is 0 Å². The lowest BCUT2D eigenvalue weighted by atomic mass is 9.85. The number of anilines is 1. The van der Waals surface area contributed by atoms with Crippen LogP contribution in [-0.2, 0) is 12.0 Å². The van der Waals surface area contributed by atoms with Crippen molar-refractivity contribution in [2.24, 2.45) is 11.7 Å². The Morgan fingerprint density at radius 2 is 2.28 bits per heavy atom. The molecule has 25 heavy (non-hydrogen) atoms. The van der Waals surface area contributed by atoms with Gasteiger partial charge in [0.15, 0.2) is 5.82 Å². The van der Waals surface area contributed by atoms with Gasteiger partial charge in [-0.25, -0.2) is 14.4 Å². The molecule has 2 fully saturated rings. The Kier molecular flexibility index (Phi) is 4.30. The summed E-state index contributed by atoms with van der Waals surface area (Å²) in [5.74, 6) is 1.38. The predicted octanol–water partition coefficient (Wildman–Crippen LogP) is 0.878. The number of fused-ring (bicyclic) bond motifs is 1. The van der Waals surface area contributed by atoms with Gasteiger partial charge in [-0.15, -0.1) is 11.8 Å². The molecule has 1 unspecified atom stereocenters. The van der Waals surface area contributed by atoms with Gasteiger partial charge in [-0.05, 0) is 6.42 Å². The van der Waals surface area contributed by atoms with Gasteiger partial charge in [0.2, 0.25) is 5.95 Å². The number of nitrogens with two attached hydrogens (primary N) is 1. The van der Waals surface area contributed by atoms with E-state index >= 15 is 0 Å². The lowest BCUT2D eigenvalue weighted by molar-refractivity contribution is 0.266. The van der Waals surface area contributed by atoms with Gasteiger partial charge in [-0.3, -0.25) is 15.3 Å². The van der Waals surface area contributed by atoms with Gasteiger partial charge in [0.05, 0.1) is 29.3 Å². The molecule has 3 N–H and O–H groups in total. The zero-order valence-corrected chi connectivity index (χ0v) is 14.7. The summed E-state index contributed by atoms with van der Waals surface area (Å²) in [6, 6.07) is 0. The van der Waals surface area contributed by atoms with Gasteiger partial charge in [0.25, 0.3) is 0 Å². The minimum absolute atomic E-state index is 0.168. The number of nitrogens with zero attached hydrogens (tertiary/aromatic N) is 5. The van der Waals surface area contributed by atoms with Crippen LogP contribution in [0.25, 0.3) is 0 Å². The Bertz CT molecular complexity index is 761. The molecule has 7 nitrogen and oxygen atoms in total. The van der Waals surface area contributed by atoms with Crippen molar-refractivity contribution in [3.05, 3.63) is 42.0 Å². The molecule has 4 heterocycles. The fraction of sp³-hybridized carbons (Fsp3) is 0.500. The van der Waals surface area contributed by atoms with Crippen LogP contribution in [0.1, 0.15) is 18.3 Å². The van der Waals surface area contributed by atoms with Gasteiger partial charge in [0.1, 0.15) is 5.50 Å². The van der Waals surface area contributed by atoms with E-state index in [1.165, 1.54) is 6.20 Å². The molecule has 0 saturated carbocycles. The Labute approximate surface area is 149 Å². The Balaban J connectivity index is 1.71. The third-order valence-corrected chi connectivity index (χ3v) is 5.97. The molecule has 0 bridgehead atoms. The molecule has 0 amide bonds. The number of thioether (sulfide) groups is 1. The summed E-state index contributed by atoms with van der Waals surface area (Å²) in [6.07, 6.45) is 6.94. The van der Waals surface area contributed by atoms with Crippen LogP contribution in [0.5, 0.6) is 0 Å². The smallest absolute Gasteiger partial charge is 0.225 e. The Hall–Kier alpha value is -1.84. The van der Waals surface area contributed by atoms with Gasteiger partial charge in [-0.1, -0.05) is 6.92 Å². The lowest BCUT2D eigenvalue weighted by Crippen LogP contribution is -2.59. The molecule has 0 aliphatic carbocycles. The van der Waals surface area contributed by atoms with Crippen molar-refractivity contribution in [2.75, 3.05) is 23.7 Å². The summed E-state index contributed by atoms with van der Waals surface area (Å²) >= 11 is 1.69. The van der Waals surface area contributed by atoms with Crippen molar-refractivity contribution in [1.82, 2.24) is 25.3 Å². The molecular weight excluding hydrogens is 341 g/mol. The summed E-state index contributed by atoms with van der Waals surface area (Å²) in [4.78, 5) is 19.5. The average Bonchev–Trinajstić information content (AvgIpc) is 3.03. The maximum Gasteiger partial charge on any atom is 0.225 e. The molecule has 2 aromatic rings. The first-order valence-corrected chi connectivity index (χ1v) is 9.35. The molecule has 0 radical (unpaired) electrons. The standard InChI is InChI=1S/C16H20FN7S/c1-2-12-11(17)5-21-15(22-12)24-7-10-8-25-14(18)23-16(10,9-24)13-6-19-3-4-20-13/h3-6,10,14,23H,2,7-9,18H2,1H3/t10-,14?,16-/m0/s1. The minimum Gasteiger partial charge on any atom is -0.338 e. The highest BCUT2D eigenvalue weighted by Gasteiger charge is 2.52. The Morgan fingerprint density at radius 1 is 1.40 bits per heavy atom. The van der Waals surface area contributed by atoms with Gasteiger partial charge in [0, 0.05) is 37.2 Å². The molecule has 132 valence electrons. The molecule has 2 saturated heterocycles. The molecule has 2 aliphatic heterocycles. The molecule has 0 aromatic carbocycles. The summed E-state index contributed by atoms with van der Waals surface area (Å²) < 4.78 is 13.8. The van der Waals surface area contributed by atoms with E-state index in [0.29, 0.717) is 24.6 Å². The fourth-order valence-electron chi connectivity index (χ4n) is 3.63. The summed E-state index contributed by atoms with van der Waals surface area (Å²) in [6.45, 7) is 3.27. The monoisotopic (exact) mass is 361 g/mol. The highest BCUT2D eigenvalue weighted by atomic mass is 32.2. The number of nitrogens with one attached hydrogen (secondary N) is 1. The van der Waals surface area contributed by atoms with Crippen LogP contribution in [0.2, 0.25) is 0 Å². The van der Waals surface area contributed by atoms with E-state index in [0.717, 1.165) is 18.0 Å². The van der Waals surface area contributed by atoms with Crippen LogP contribution in [0.4, 0.5) is 10.3 Å². The van der Waals surface area contributed by atoms with E-state index in [1.807, 2.05) is 6.92 Å². The van der Waals surface area contributed by atoms with Crippen molar-refractivity contribution in [2.45, 2.75) is 24.4 Å². The van der Waals surface area contributed by atoms with Gasteiger partial charge >= 0.3 is 0 Å². The first-order chi connectivity index (χ1) is 12.1. The van der Waals surface area contributed by atoms with E-state index in [9.17, 15) is 4.39 Å². The van der Waals surface area contributed by atoms with E-state index in [1.54, 1.807) is 30.4 Å². The quantitative estimate of drug-likeness (QED) is 0.832. The number of hydrogen-bond acceptors (Lipinski definition) is 8. The van der Waals surface area contributed by atoms with Crippen molar-refractivity contribution < 1.29 is 4.39 Å². The van der Waals surface area contributed by atoms with Crippen LogP contribution in [0.3, 0.4) is 0 Å². The molecule has 4 rings (SSSR count). The number of hydrogen-bond donors (Lipinski definition) is 2. The predicted molar refractivity (Wildman–Crippen MR) is 94.4 cm³/mol. The second-order valence-electron chi connectivity index (χ2n) is 6.36. The molecular formula is C16H20FN7S. The number of aromatic nitrogens is 4. The van der Waals surface area contributed by atoms with Crippen LogP contribution < -0.4 is 16.0 Å². The first kappa shape index (κ1) is 16.6. The van der Waals surface area contributed by atoms with E-state index in [-0.39, 0.29) is 17.2 Å². The number of aryl methyl sites for hydroxylation is 1. The number of rotatable bonds is 3. The topological polar surface area (TPSA) is 92.9 Å². The summed E-state index contributed by atoms with van der Waals surface area (Å²) in [5.41, 5.74) is 6.91. The van der Waals surface area contributed by atoms with E-state index in [2.05, 4.69) is 30.2 Å². The maximum absolute atomic E-state index is 13.8. The molecule has 2 aromatic heterocycles. The maximum atomic E-state index is 13.8. The van der Waals surface area contributed by atoms with Gasteiger partial charge in [-0.2, -0.15) is 0 Å². The van der Waals surface area contributed by atoms with Crippen LogP contribution in [0.15, 0.2) is 24.8 Å². The molecule has 3 atom stereocenters. The van der Waals surface area contributed by atoms with E-state index < -0.39 is 5.54 Å². The largest absolute Gasteiger partial charge is 0.338 e. The molecule has 9 heteroatoms. The molecule has 2 aliphatic rings. The van der Waals surface area contributed by atoms with Crippen molar-refractivity contribution >= 4 is 17.7 Å². The number of halogens is 1. The average molecular weight is 361 g/mol. The second-order valence-corrected chi connectivity index (χ2v) is 7.53. The van der Waals surface area contributed by atoms with Crippen LogP contribution in [0, 0.1) is 11.7 Å². The zero-order valence-electron chi connectivity index (χ0n) is 13.9. The van der Waals surface area contributed by atoms with Crippen LogP contribution >= 0.6 is 11.8 Å². The SMILES string of the molecule is CCc1nc(N2C[C@H]3CSC(N)N[C@@]3(c3cnccn3)C2)ncc1F.